The first-order chi connectivity index (χ1) is 10.7. The molecule has 1 aliphatic heterocycles. The van der Waals surface area contributed by atoms with Crippen molar-refractivity contribution in [1.29, 1.82) is 0 Å². The third-order valence-corrected chi connectivity index (χ3v) is 3.62. The fourth-order valence-corrected chi connectivity index (χ4v) is 2.53. The lowest BCUT2D eigenvalue weighted by molar-refractivity contribution is -0.150. The quantitative estimate of drug-likeness (QED) is 0.702. The van der Waals surface area contributed by atoms with Crippen LogP contribution in [0.1, 0.15) is 48.0 Å². The van der Waals surface area contributed by atoms with Gasteiger partial charge in [-0.1, -0.05) is 20.8 Å². The van der Waals surface area contributed by atoms with E-state index in [1.54, 1.807) is 41.5 Å². The van der Waals surface area contributed by atoms with Crippen molar-refractivity contribution in [3.05, 3.63) is 0 Å². The van der Waals surface area contributed by atoms with Gasteiger partial charge in [0.25, 0.3) is 0 Å². The average molecular weight is 344 g/mol. The zero-order chi connectivity index (χ0) is 18.9. The Balaban J connectivity index is 2.98. The summed E-state index contributed by atoms with van der Waals surface area (Å²) in [6.45, 7) is 10.3. The van der Waals surface area contributed by atoms with E-state index in [9.17, 15) is 24.6 Å². The molecule has 24 heavy (non-hydrogen) atoms. The molecule has 0 aromatic heterocycles. The summed E-state index contributed by atoms with van der Waals surface area (Å²) in [5.74, 6) is -1.72. The molecule has 3 N–H and O–H groups in total. The zero-order valence-corrected chi connectivity index (χ0v) is 15.1. The molecule has 0 unspecified atom stereocenters. The van der Waals surface area contributed by atoms with Crippen molar-refractivity contribution in [2.75, 3.05) is 6.54 Å². The van der Waals surface area contributed by atoms with Crippen molar-refractivity contribution < 1.29 is 29.3 Å². The summed E-state index contributed by atoms with van der Waals surface area (Å²) >= 11 is 0. The molecule has 1 heterocycles. The lowest BCUT2D eigenvalue weighted by Crippen LogP contribution is -2.57. The summed E-state index contributed by atoms with van der Waals surface area (Å²) in [6, 6.07) is -2.07. The molecule has 138 valence electrons. The first kappa shape index (κ1) is 20.2. The van der Waals surface area contributed by atoms with Crippen LogP contribution in [0.15, 0.2) is 0 Å². The van der Waals surface area contributed by atoms with E-state index in [0.29, 0.717) is 0 Å². The van der Waals surface area contributed by atoms with Crippen molar-refractivity contribution in [1.82, 2.24) is 10.2 Å². The fraction of sp³-hybridized carbons (Fsp3) is 0.812. The zero-order valence-electron chi connectivity index (χ0n) is 15.1. The molecule has 2 amide bonds. The average Bonchev–Trinajstić information content (AvgIpc) is 2.74. The Hall–Kier alpha value is -1.83. The summed E-state index contributed by atoms with van der Waals surface area (Å²) in [4.78, 5) is 37.3. The summed E-state index contributed by atoms with van der Waals surface area (Å²) in [5.41, 5.74) is -1.38. The van der Waals surface area contributed by atoms with Crippen LogP contribution >= 0.6 is 0 Å². The van der Waals surface area contributed by atoms with Gasteiger partial charge < -0.3 is 25.2 Å². The Labute approximate surface area is 142 Å². The number of nitrogens with zero attached hydrogens (tertiary/aromatic N) is 1. The number of amides is 2. The molecule has 1 saturated heterocycles. The highest BCUT2D eigenvalue weighted by Gasteiger charge is 2.44. The molecule has 8 nitrogen and oxygen atoms in total. The number of ether oxygens (including phenoxy) is 1. The second-order valence-corrected chi connectivity index (χ2v) is 8.18. The predicted octanol–water partition coefficient (Wildman–Crippen LogP) is 0.972. The number of carbonyl (C=O) groups excluding carboxylic acids is 2. The molecular formula is C16H28N2O6. The first-order valence-electron chi connectivity index (χ1n) is 7.93. The van der Waals surface area contributed by atoms with Gasteiger partial charge in [-0.3, -0.25) is 4.79 Å². The van der Waals surface area contributed by atoms with Crippen molar-refractivity contribution >= 4 is 18.0 Å². The maximum absolute atomic E-state index is 12.8. The number of hydrogen-bond donors (Lipinski definition) is 3. The Morgan fingerprint density at radius 1 is 1.17 bits per heavy atom. The Bertz CT molecular complexity index is 506. The van der Waals surface area contributed by atoms with Gasteiger partial charge >= 0.3 is 12.1 Å². The first-order valence-corrected chi connectivity index (χ1v) is 7.93. The van der Waals surface area contributed by atoms with Crippen molar-refractivity contribution in [3.8, 4) is 0 Å². The second kappa shape index (κ2) is 6.96. The van der Waals surface area contributed by atoms with E-state index in [1.807, 2.05) is 0 Å². The topological polar surface area (TPSA) is 116 Å². The van der Waals surface area contributed by atoms with E-state index in [0.717, 1.165) is 4.90 Å². The van der Waals surface area contributed by atoms with Crippen molar-refractivity contribution in [2.24, 2.45) is 5.41 Å². The number of aliphatic carboxylic acids is 1. The lowest BCUT2D eigenvalue weighted by atomic mass is 9.85. The molecule has 1 aliphatic rings. The Kier molecular flexibility index (Phi) is 5.86. The summed E-state index contributed by atoms with van der Waals surface area (Å²) in [5, 5.41) is 21.5. The minimum Gasteiger partial charge on any atom is -0.480 e. The van der Waals surface area contributed by atoms with E-state index in [2.05, 4.69) is 5.32 Å². The maximum atomic E-state index is 12.8. The SMILES string of the molecule is CC(C)(C)OC(=O)N[C@H](C(=O)N1C[C@@H](O)C[C@H]1C(=O)O)C(C)(C)C. The normalized spacial score (nSPS) is 22.9. The van der Waals surface area contributed by atoms with Gasteiger partial charge in [-0.25, -0.2) is 9.59 Å². The van der Waals surface area contributed by atoms with E-state index < -0.39 is 47.2 Å². The molecule has 8 heteroatoms. The minimum absolute atomic E-state index is 0.0234. The summed E-state index contributed by atoms with van der Waals surface area (Å²) < 4.78 is 5.19. The molecular weight excluding hydrogens is 316 g/mol. The molecule has 1 fully saturated rings. The van der Waals surface area contributed by atoms with Crippen LogP contribution in [0.2, 0.25) is 0 Å². The second-order valence-electron chi connectivity index (χ2n) is 8.18. The van der Waals surface area contributed by atoms with Crippen LogP contribution in [0, 0.1) is 5.41 Å². The van der Waals surface area contributed by atoms with Crippen LogP contribution in [0.3, 0.4) is 0 Å². The monoisotopic (exact) mass is 344 g/mol. The van der Waals surface area contributed by atoms with Crippen LogP contribution in [0.25, 0.3) is 0 Å². The van der Waals surface area contributed by atoms with Crippen LogP contribution in [0.5, 0.6) is 0 Å². The van der Waals surface area contributed by atoms with E-state index >= 15 is 0 Å². The third kappa shape index (κ3) is 5.36. The molecule has 0 aromatic carbocycles. The minimum atomic E-state index is -1.18. The Morgan fingerprint density at radius 2 is 1.71 bits per heavy atom. The number of rotatable bonds is 3. The Morgan fingerprint density at radius 3 is 2.12 bits per heavy atom. The largest absolute Gasteiger partial charge is 0.480 e. The van der Waals surface area contributed by atoms with Crippen LogP contribution in [-0.2, 0) is 14.3 Å². The fourth-order valence-electron chi connectivity index (χ4n) is 2.53. The van der Waals surface area contributed by atoms with Gasteiger partial charge in [0, 0.05) is 13.0 Å². The number of aliphatic hydroxyl groups is 1. The molecule has 0 aliphatic carbocycles. The van der Waals surface area contributed by atoms with Crippen LogP contribution in [0.4, 0.5) is 4.79 Å². The number of alkyl carbamates (subject to hydrolysis) is 1. The summed E-state index contributed by atoms with van der Waals surface area (Å²) in [6.07, 6.45) is -1.66. The summed E-state index contributed by atoms with van der Waals surface area (Å²) in [7, 11) is 0. The van der Waals surface area contributed by atoms with Crippen molar-refractivity contribution in [3.63, 3.8) is 0 Å². The number of hydrogen-bond acceptors (Lipinski definition) is 5. The lowest BCUT2D eigenvalue weighted by Gasteiger charge is -2.35. The number of carboxylic acids is 1. The molecule has 0 aromatic rings. The molecule has 0 radical (unpaired) electrons. The maximum Gasteiger partial charge on any atom is 0.408 e. The van der Waals surface area contributed by atoms with Crippen molar-refractivity contribution in [2.45, 2.75) is 71.8 Å². The third-order valence-electron chi connectivity index (χ3n) is 3.62. The van der Waals surface area contributed by atoms with E-state index in [4.69, 9.17) is 4.74 Å². The number of aliphatic hydroxyl groups excluding tert-OH is 1. The van der Waals surface area contributed by atoms with E-state index in [1.165, 1.54) is 0 Å². The van der Waals surface area contributed by atoms with Gasteiger partial charge in [-0.05, 0) is 26.2 Å². The van der Waals surface area contributed by atoms with Gasteiger partial charge in [0.05, 0.1) is 6.10 Å². The highest BCUT2D eigenvalue weighted by atomic mass is 16.6. The highest BCUT2D eigenvalue weighted by molar-refractivity contribution is 5.90. The number of nitrogens with one attached hydrogen (secondary N) is 1. The van der Waals surface area contributed by atoms with Gasteiger partial charge in [-0.2, -0.15) is 0 Å². The van der Waals surface area contributed by atoms with Gasteiger partial charge in [0.1, 0.15) is 17.7 Å². The van der Waals surface area contributed by atoms with Crippen LogP contribution in [-0.4, -0.2) is 63.4 Å². The number of likely N-dealkylation sites (tertiary alicyclic amines) is 1. The van der Waals surface area contributed by atoms with Gasteiger partial charge in [0.15, 0.2) is 0 Å². The smallest absolute Gasteiger partial charge is 0.408 e. The molecule has 3 atom stereocenters. The number of β-amino-alcohol motifs (C(OH)–C–C–N with tert-alkyl or cyclic N) is 1. The molecule has 0 bridgehead atoms. The van der Waals surface area contributed by atoms with Crippen LogP contribution < -0.4 is 5.32 Å². The number of carbonyl (C=O) groups is 3. The number of carboxylic acid groups (broad SMARTS) is 1. The molecule has 1 rings (SSSR count). The van der Waals surface area contributed by atoms with E-state index in [-0.39, 0.29) is 13.0 Å². The molecule has 0 spiro atoms. The standard InChI is InChI=1S/C16H28N2O6/c1-15(2,3)11(17-14(23)24-16(4,5)6)12(20)18-8-9(19)7-10(18)13(21)22/h9-11,19H,7-8H2,1-6H3,(H,17,23)(H,21,22)/t9-,10-,11+/m0/s1. The van der Waals surface area contributed by atoms with Gasteiger partial charge in [0.2, 0.25) is 5.91 Å². The van der Waals surface area contributed by atoms with Gasteiger partial charge in [-0.15, -0.1) is 0 Å². The predicted molar refractivity (Wildman–Crippen MR) is 86.4 cm³/mol. The highest BCUT2D eigenvalue weighted by Crippen LogP contribution is 2.26. The molecule has 0 saturated carbocycles.